The molecule has 3 aromatic rings. The number of hydrogen-bond acceptors (Lipinski definition) is 4. The van der Waals surface area contributed by atoms with Gasteiger partial charge < -0.3 is 10.2 Å². The molecule has 0 heterocycles. The first-order valence-electron chi connectivity index (χ1n) is 13.2. The quantitative estimate of drug-likeness (QED) is 0.362. The lowest BCUT2D eigenvalue weighted by atomic mass is 10.1. The number of amides is 2. The first-order valence-corrected chi connectivity index (χ1v) is 14.7. The highest BCUT2D eigenvalue weighted by Crippen LogP contribution is 2.27. The maximum absolute atomic E-state index is 14.0. The van der Waals surface area contributed by atoms with Crippen LogP contribution >= 0.6 is 0 Å². The van der Waals surface area contributed by atoms with Crippen molar-refractivity contribution < 1.29 is 18.0 Å². The lowest BCUT2D eigenvalue weighted by molar-refractivity contribution is -0.139. The maximum atomic E-state index is 14.0. The van der Waals surface area contributed by atoms with Gasteiger partial charge >= 0.3 is 0 Å². The minimum atomic E-state index is -4.09. The Kier molecular flexibility index (Phi) is 9.92. The number of aryl methyl sites for hydroxylation is 4. The Balaban J connectivity index is 2.04. The zero-order valence-electron chi connectivity index (χ0n) is 23.7. The van der Waals surface area contributed by atoms with Crippen LogP contribution < -0.4 is 9.62 Å². The second-order valence-electron chi connectivity index (χ2n) is 10.1. The third-order valence-corrected chi connectivity index (χ3v) is 8.36. The van der Waals surface area contributed by atoms with Crippen molar-refractivity contribution in [1.29, 1.82) is 0 Å². The van der Waals surface area contributed by atoms with Gasteiger partial charge in [0.1, 0.15) is 12.6 Å². The van der Waals surface area contributed by atoms with Crippen molar-refractivity contribution >= 4 is 27.5 Å². The predicted molar refractivity (Wildman–Crippen MR) is 156 cm³/mol. The number of nitrogens with one attached hydrogen (secondary N) is 1. The van der Waals surface area contributed by atoms with E-state index in [0.29, 0.717) is 12.2 Å². The van der Waals surface area contributed by atoms with Crippen LogP contribution in [0, 0.1) is 27.7 Å². The average molecular weight is 550 g/mol. The van der Waals surface area contributed by atoms with Crippen LogP contribution in [-0.4, -0.2) is 44.3 Å². The summed E-state index contributed by atoms with van der Waals surface area (Å²) in [6.45, 7) is 11.5. The predicted octanol–water partition coefficient (Wildman–Crippen LogP) is 5.06. The summed E-state index contributed by atoms with van der Waals surface area (Å²) < 4.78 is 29.0. The summed E-state index contributed by atoms with van der Waals surface area (Å²) in [4.78, 5) is 28.5. The highest BCUT2D eigenvalue weighted by atomic mass is 32.2. The first-order chi connectivity index (χ1) is 18.4. The lowest BCUT2D eigenvalue weighted by Gasteiger charge is -2.32. The minimum absolute atomic E-state index is 0.0962. The smallest absolute Gasteiger partial charge is 0.264 e. The lowest BCUT2D eigenvalue weighted by Crippen LogP contribution is -2.51. The summed E-state index contributed by atoms with van der Waals surface area (Å²) >= 11 is 0. The normalized spacial score (nSPS) is 12.1. The molecule has 0 aromatic heterocycles. The summed E-state index contributed by atoms with van der Waals surface area (Å²) in [7, 11) is -4.09. The Morgan fingerprint density at radius 1 is 0.821 bits per heavy atom. The molecule has 0 aliphatic rings. The zero-order chi connectivity index (χ0) is 28.7. The molecule has 0 aliphatic carbocycles. The molecule has 208 valence electrons. The van der Waals surface area contributed by atoms with E-state index in [1.807, 2.05) is 65.0 Å². The monoisotopic (exact) mass is 549 g/mol. The molecule has 39 heavy (non-hydrogen) atoms. The Bertz CT molecular complexity index is 1380. The summed E-state index contributed by atoms with van der Waals surface area (Å²) in [5.74, 6) is -0.749. The van der Waals surface area contributed by atoms with Crippen LogP contribution in [0.1, 0.15) is 48.1 Å². The van der Waals surface area contributed by atoms with Gasteiger partial charge in [-0.25, -0.2) is 8.42 Å². The van der Waals surface area contributed by atoms with E-state index in [1.165, 1.54) is 4.90 Å². The molecule has 0 fully saturated rings. The number of sulfonamides is 1. The molecule has 1 N–H and O–H groups in total. The molecular weight excluding hydrogens is 510 g/mol. The number of carbonyl (C=O) groups is 2. The molecule has 7 nitrogen and oxygen atoms in total. The van der Waals surface area contributed by atoms with Crippen molar-refractivity contribution in [2.75, 3.05) is 17.4 Å². The van der Waals surface area contributed by atoms with Gasteiger partial charge in [-0.2, -0.15) is 0 Å². The van der Waals surface area contributed by atoms with E-state index in [9.17, 15) is 18.0 Å². The van der Waals surface area contributed by atoms with Gasteiger partial charge in [0, 0.05) is 13.1 Å². The number of benzene rings is 3. The molecule has 1 unspecified atom stereocenters. The molecule has 3 rings (SSSR count). The van der Waals surface area contributed by atoms with Gasteiger partial charge in [-0.15, -0.1) is 0 Å². The van der Waals surface area contributed by atoms with Crippen LogP contribution in [0.3, 0.4) is 0 Å². The topological polar surface area (TPSA) is 86.8 Å². The highest BCUT2D eigenvalue weighted by molar-refractivity contribution is 7.92. The van der Waals surface area contributed by atoms with Gasteiger partial charge in [-0.3, -0.25) is 13.9 Å². The number of anilines is 1. The number of rotatable bonds is 11. The third kappa shape index (κ3) is 7.69. The number of hydrogen-bond donors (Lipinski definition) is 1. The first kappa shape index (κ1) is 29.9. The van der Waals surface area contributed by atoms with Gasteiger partial charge in [0.25, 0.3) is 10.0 Å². The van der Waals surface area contributed by atoms with Crippen LogP contribution in [-0.2, 0) is 26.2 Å². The molecule has 0 saturated carbocycles. The van der Waals surface area contributed by atoms with Crippen LogP contribution in [0.5, 0.6) is 0 Å². The molecule has 0 aliphatic heterocycles. The molecule has 0 spiro atoms. The summed E-state index contributed by atoms with van der Waals surface area (Å²) in [5.41, 5.74) is 5.02. The SMILES string of the molecule is CCCNC(=O)C(C)N(Cc1ccc(C)cc1)C(=O)CN(c1cc(C)cc(C)c1)S(=O)(=O)c1ccc(C)cc1. The summed E-state index contributed by atoms with van der Waals surface area (Å²) in [6.07, 6.45) is 0.764. The van der Waals surface area contributed by atoms with Crippen LogP contribution in [0.15, 0.2) is 71.6 Å². The fourth-order valence-electron chi connectivity index (χ4n) is 4.33. The van der Waals surface area contributed by atoms with Gasteiger partial charge in [-0.1, -0.05) is 60.5 Å². The summed E-state index contributed by atoms with van der Waals surface area (Å²) in [6, 6.07) is 19.0. The highest BCUT2D eigenvalue weighted by Gasteiger charge is 2.32. The Morgan fingerprint density at radius 2 is 1.36 bits per heavy atom. The van der Waals surface area contributed by atoms with Crippen molar-refractivity contribution in [1.82, 2.24) is 10.2 Å². The zero-order valence-corrected chi connectivity index (χ0v) is 24.5. The summed E-state index contributed by atoms with van der Waals surface area (Å²) in [5, 5.41) is 2.86. The molecule has 3 aromatic carbocycles. The van der Waals surface area contributed by atoms with E-state index < -0.39 is 28.5 Å². The maximum Gasteiger partial charge on any atom is 0.264 e. The van der Waals surface area contributed by atoms with E-state index in [0.717, 1.165) is 38.5 Å². The fraction of sp³-hybridized carbons (Fsp3) is 0.355. The molecule has 2 amide bonds. The van der Waals surface area contributed by atoms with Crippen molar-refractivity contribution in [2.45, 2.75) is 65.4 Å². The second-order valence-corrected chi connectivity index (χ2v) is 12.0. The molecular formula is C31H39N3O4S. The number of carbonyl (C=O) groups excluding carboxylic acids is 2. The van der Waals surface area contributed by atoms with Gasteiger partial charge in [-0.05, 0) is 82.0 Å². The van der Waals surface area contributed by atoms with Crippen LogP contribution in [0.25, 0.3) is 0 Å². The van der Waals surface area contributed by atoms with E-state index in [2.05, 4.69) is 5.32 Å². The standard InChI is InChI=1S/C31H39N3O4S/c1-7-16-32-31(36)26(6)33(20-27-12-8-22(2)9-13-27)30(35)21-34(28-18-24(4)17-25(5)19-28)39(37,38)29-14-10-23(3)11-15-29/h8-15,17-19,26H,7,16,20-21H2,1-6H3,(H,32,36). The van der Waals surface area contributed by atoms with E-state index >= 15 is 0 Å². The Hall–Kier alpha value is -3.65. The van der Waals surface area contributed by atoms with Crippen molar-refractivity contribution in [2.24, 2.45) is 0 Å². The third-order valence-electron chi connectivity index (χ3n) is 6.57. The number of nitrogens with zero attached hydrogens (tertiary/aromatic N) is 2. The van der Waals surface area contributed by atoms with Crippen LogP contribution in [0.4, 0.5) is 5.69 Å². The van der Waals surface area contributed by atoms with E-state index in [-0.39, 0.29) is 17.3 Å². The van der Waals surface area contributed by atoms with Gasteiger partial charge in [0.05, 0.1) is 10.6 Å². The van der Waals surface area contributed by atoms with E-state index in [1.54, 1.807) is 43.3 Å². The second kappa shape index (κ2) is 12.9. The molecule has 0 bridgehead atoms. The minimum Gasteiger partial charge on any atom is -0.354 e. The molecule has 8 heteroatoms. The fourth-order valence-corrected chi connectivity index (χ4v) is 5.73. The van der Waals surface area contributed by atoms with Crippen molar-refractivity contribution in [3.05, 3.63) is 94.5 Å². The van der Waals surface area contributed by atoms with Crippen molar-refractivity contribution in [3.63, 3.8) is 0 Å². The average Bonchev–Trinajstić information content (AvgIpc) is 2.89. The molecule has 0 saturated heterocycles. The molecule has 0 radical (unpaired) electrons. The van der Waals surface area contributed by atoms with Crippen molar-refractivity contribution in [3.8, 4) is 0 Å². The van der Waals surface area contributed by atoms with E-state index in [4.69, 9.17) is 0 Å². The Morgan fingerprint density at radius 3 is 1.90 bits per heavy atom. The molecule has 1 atom stereocenters. The largest absolute Gasteiger partial charge is 0.354 e. The van der Waals surface area contributed by atoms with Crippen LogP contribution in [0.2, 0.25) is 0 Å². The van der Waals surface area contributed by atoms with Gasteiger partial charge in [0.2, 0.25) is 11.8 Å². The Labute approximate surface area is 232 Å². The van der Waals surface area contributed by atoms with Gasteiger partial charge in [0.15, 0.2) is 0 Å².